The first-order chi connectivity index (χ1) is 9.44. The molecule has 0 spiro atoms. The number of halogens is 1. The number of sulfonamides is 1. The van der Waals surface area contributed by atoms with Crippen LogP contribution in [0.15, 0.2) is 39.0 Å². The molecule has 0 bridgehead atoms. The van der Waals surface area contributed by atoms with E-state index in [4.69, 9.17) is 0 Å². The molecule has 1 N–H and O–H groups in total. The molecular formula is C14H16BrNO2S2. The molecule has 0 saturated carbocycles. The SMILES string of the molecule is CCCc1ccccc1NS(=O)(=O)c1cc(Br)sc1C. The van der Waals surface area contributed by atoms with E-state index in [0.717, 1.165) is 27.1 Å². The van der Waals surface area contributed by atoms with Gasteiger partial charge in [-0.2, -0.15) is 0 Å². The molecule has 1 heterocycles. The molecule has 2 rings (SSSR count). The van der Waals surface area contributed by atoms with E-state index in [1.54, 1.807) is 12.1 Å². The van der Waals surface area contributed by atoms with Gasteiger partial charge in [0, 0.05) is 4.88 Å². The van der Waals surface area contributed by atoms with Crippen molar-refractivity contribution in [1.29, 1.82) is 0 Å². The van der Waals surface area contributed by atoms with E-state index in [9.17, 15) is 8.42 Å². The van der Waals surface area contributed by atoms with Crippen molar-refractivity contribution in [2.24, 2.45) is 0 Å². The molecule has 0 radical (unpaired) electrons. The van der Waals surface area contributed by atoms with Gasteiger partial charge in [0.25, 0.3) is 10.0 Å². The number of nitrogens with one attached hydrogen (secondary N) is 1. The molecule has 1 aromatic heterocycles. The van der Waals surface area contributed by atoms with Crippen LogP contribution in [0.5, 0.6) is 0 Å². The molecular weight excluding hydrogens is 358 g/mol. The summed E-state index contributed by atoms with van der Waals surface area (Å²) in [6.45, 7) is 3.88. The summed E-state index contributed by atoms with van der Waals surface area (Å²) in [6.07, 6.45) is 1.83. The number of anilines is 1. The highest BCUT2D eigenvalue weighted by Crippen LogP contribution is 2.31. The smallest absolute Gasteiger partial charge is 0.263 e. The van der Waals surface area contributed by atoms with Crippen molar-refractivity contribution in [3.8, 4) is 0 Å². The molecule has 2 aromatic rings. The molecule has 0 atom stereocenters. The largest absolute Gasteiger partial charge is 0.279 e. The highest BCUT2D eigenvalue weighted by Gasteiger charge is 2.20. The van der Waals surface area contributed by atoms with Gasteiger partial charge in [-0.25, -0.2) is 8.42 Å². The number of thiophene rings is 1. The topological polar surface area (TPSA) is 46.2 Å². The summed E-state index contributed by atoms with van der Waals surface area (Å²) in [6, 6.07) is 9.17. The maximum Gasteiger partial charge on any atom is 0.263 e. The molecule has 0 aliphatic rings. The minimum atomic E-state index is -3.53. The second-order valence-electron chi connectivity index (χ2n) is 4.48. The van der Waals surface area contributed by atoms with E-state index in [-0.39, 0.29) is 0 Å². The van der Waals surface area contributed by atoms with Crippen molar-refractivity contribution in [2.75, 3.05) is 4.72 Å². The summed E-state index contributed by atoms with van der Waals surface area (Å²) in [5.41, 5.74) is 1.68. The Morgan fingerprint density at radius 3 is 2.60 bits per heavy atom. The average molecular weight is 374 g/mol. The van der Waals surface area contributed by atoms with Crippen LogP contribution in [0.1, 0.15) is 23.8 Å². The molecule has 108 valence electrons. The minimum absolute atomic E-state index is 0.334. The molecule has 1 aromatic carbocycles. The number of rotatable bonds is 5. The lowest BCUT2D eigenvalue weighted by molar-refractivity contribution is 0.601. The molecule has 0 saturated heterocycles. The van der Waals surface area contributed by atoms with Gasteiger partial charge in [0.05, 0.1) is 9.47 Å². The second-order valence-corrected chi connectivity index (χ2v) is 8.77. The molecule has 0 fully saturated rings. The van der Waals surface area contributed by atoms with Crippen LogP contribution in [0.4, 0.5) is 5.69 Å². The Morgan fingerprint density at radius 2 is 2.00 bits per heavy atom. The Balaban J connectivity index is 2.36. The molecule has 20 heavy (non-hydrogen) atoms. The Labute approximate surface area is 132 Å². The fraction of sp³-hybridized carbons (Fsp3) is 0.286. The highest BCUT2D eigenvalue weighted by atomic mass is 79.9. The Kier molecular flexibility index (Phi) is 4.88. The van der Waals surface area contributed by atoms with Crippen LogP contribution < -0.4 is 4.72 Å². The van der Waals surface area contributed by atoms with Crippen molar-refractivity contribution < 1.29 is 8.42 Å². The average Bonchev–Trinajstić information content (AvgIpc) is 2.72. The Bertz CT molecular complexity index is 708. The van der Waals surface area contributed by atoms with E-state index in [1.807, 2.05) is 25.1 Å². The van der Waals surface area contributed by atoms with Gasteiger partial charge in [0.1, 0.15) is 4.90 Å². The van der Waals surface area contributed by atoms with E-state index in [2.05, 4.69) is 27.6 Å². The van der Waals surface area contributed by atoms with Crippen LogP contribution in [0, 0.1) is 6.92 Å². The lowest BCUT2D eigenvalue weighted by Crippen LogP contribution is -2.14. The third-order valence-electron chi connectivity index (χ3n) is 2.91. The number of hydrogen-bond donors (Lipinski definition) is 1. The predicted molar refractivity (Wildman–Crippen MR) is 88.0 cm³/mol. The van der Waals surface area contributed by atoms with Gasteiger partial charge in [0.2, 0.25) is 0 Å². The maximum absolute atomic E-state index is 12.5. The van der Waals surface area contributed by atoms with E-state index < -0.39 is 10.0 Å². The Morgan fingerprint density at radius 1 is 1.30 bits per heavy atom. The fourth-order valence-corrected chi connectivity index (χ4v) is 5.52. The third kappa shape index (κ3) is 3.42. The van der Waals surface area contributed by atoms with Crippen LogP contribution in [0.2, 0.25) is 0 Å². The summed E-state index contributed by atoms with van der Waals surface area (Å²) in [7, 11) is -3.53. The highest BCUT2D eigenvalue weighted by molar-refractivity contribution is 9.11. The first kappa shape index (κ1) is 15.5. The molecule has 0 unspecified atom stereocenters. The molecule has 0 aliphatic heterocycles. The number of aryl methyl sites for hydroxylation is 2. The van der Waals surface area contributed by atoms with Crippen molar-refractivity contribution in [1.82, 2.24) is 0 Å². The molecule has 3 nitrogen and oxygen atoms in total. The van der Waals surface area contributed by atoms with Crippen LogP contribution in [-0.2, 0) is 16.4 Å². The van der Waals surface area contributed by atoms with E-state index in [0.29, 0.717) is 10.6 Å². The zero-order valence-corrected chi connectivity index (χ0v) is 14.5. The van der Waals surface area contributed by atoms with Crippen molar-refractivity contribution in [2.45, 2.75) is 31.6 Å². The third-order valence-corrected chi connectivity index (χ3v) is 6.09. The van der Waals surface area contributed by atoms with Gasteiger partial charge >= 0.3 is 0 Å². The van der Waals surface area contributed by atoms with Gasteiger partial charge in [-0.1, -0.05) is 31.5 Å². The fourth-order valence-electron chi connectivity index (χ4n) is 2.00. The molecule has 6 heteroatoms. The Hall–Kier alpha value is -0.850. The van der Waals surface area contributed by atoms with Crippen LogP contribution in [-0.4, -0.2) is 8.42 Å². The van der Waals surface area contributed by atoms with Gasteiger partial charge in [-0.05, 0) is 47.0 Å². The lowest BCUT2D eigenvalue weighted by atomic mass is 10.1. The summed E-state index contributed by atoms with van der Waals surface area (Å²) < 4.78 is 28.5. The van der Waals surface area contributed by atoms with Gasteiger partial charge in [-0.15, -0.1) is 11.3 Å². The number of para-hydroxylation sites is 1. The first-order valence-corrected chi connectivity index (χ1v) is 9.40. The van der Waals surface area contributed by atoms with E-state index in [1.165, 1.54) is 11.3 Å². The summed E-state index contributed by atoms with van der Waals surface area (Å²) in [5.74, 6) is 0. The second kappa shape index (κ2) is 6.28. The predicted octanol–water partition coefficient (Wildman–Crippen LogP) is 4.57. The van der Waals surface area contributed by atoms with Gasteiger partial charge in [-0.3, -0.25) is 4.72 Å². The van der Waals surface area contributed by atoms with Crippen molar-refractivity contribution >= 4 is 43.0 Å². The lowest BCUT2D eigenvalue weighted by Gasteiger charge is -2.11. The standard InChI is InChI=1S/C14H16BrNO2S2/c1-3-6-11-7-4-5-8-12(11)16-20(17,18)13-9-14(15)19-10(13)2/h4-5,7-9,16H,3,6H2,1-2H3. The van der Waals surface area contributed by atoms with Crippen molar-refractivity contribution in [3.05, 3.63) is 44.6 Å². The normalized spacial score (nSPS) is 11.6. The number of hydrogen-bond acceptors (Lipinski definition) is 3. The summed E-state index contributed by atoms with van der Waals surface area (Å²) >= 11 is 4.75. The van der Waals surface area contributed by atoms with Gasteiger partial charge in [0.15, 0.2) is 0 Å². The van der Waals surface area contributed by atoms with Gasteiger partial charge < -0.3 is 0 Å². The quantitative estimate of drug-likeness (QED) is 0.833. The van der Waals surface area contributed by atoms with Crippen LogP contribution in [0.3, 0.4) is 0 Å². The minimum Gasteiger partial charge on any atom is -0.279 e. The zero-order valence-electron chi connectivity index (χ0n) is 11.3. The maximum atomic E-state index is 12.5. The molecule has 0 amide bonds. The summed E-state index contributed by atoms with van der Waals surface area (Å²) in [5, 5.41) is 0. The van der Waals surface area contributed by atoms with Crippen LogP contribution >= 0.6 is 27.3 Å². The van der Waals surface area contributed by atoms with Crippen LogP contribution in [0.25, 0.3) is 0 Å². The number of benzene rings is 1. The zero-order chi connectivity index (χ0) is 14.8. The molecule has 0 aliphatic carbocycles. The van der Waals surface area contributed by atoms with Crippen molar-refractivity contribution in [3.63, 3.8) is 0 Å². The first-order valence-electron chi connectivity index (χ1n) is 6.30. The van der Waals surface area contributed by atoms with E-state index >= 15 is 0 Å². The monoisotopic (exact) mass is 373 g/mol. The summed E-state index contributed by atoms with van der Waals surface area (Å²) in [4.78, 5) is 1.11.